The number of hydrogen-bond acceptors (Lipinski definition) is 3. The van der Waals surface area contributed by atoms with Crippen LogP contribution in [0.1, 0.15) is 24.8 Å². The van der Waals surface area contributed by atoms with Gasteiger partial charge in [0.1, 0.15) is 11.7 Å². The van der Waals surface area contributed by atoms with E-state index < -0.39 is 17.6 Å². The third-order valence-electron chi connectivity index (χ3n) is 6.36. The van der Waals surface area contributed by atoms with Gasteiger partial charge in [-0.3, -0.25) is 9.59 Å². The van der Waals surface area contributed by atoms with Crippen LogP contribution in [0, 0.1) is 5.92 Å². The van der Waals surface area contributed by atoms with Gasteiger partial charge in [-0.25, -0.2) is 0 Å². The SMILES string of the molecule is CC12CC(c3ccccc3O1)C(C(N)=O)C(=O)N2CCn1ccc2ccc(Br)cc21. The van der Waals surface area contributed by atoms with Crippen LogP contribution in [0.15, 0.2) is 59.2 Å². The number of nitrogens with two attached hydrogens (primary N) is 1. The minimum absolute atomic E-state index is 0.256. The molecule has 2 bridgehead atoms. The Morgan fingerprint density at radius 2 is 2.03 bits per heavy atom. The van der Waals surface area contributed by atoms with Crippen LogP contribution < -0.4 is 10.5 Å². The smallest absolute Gasteiger partial charge is 0.238 e. The molecule has 3 atom stereocenters. The number of halogens is 1. The summed E-state index contributed by atoms with van der Waals surface area (Å²) in [4.78, 5) is 27.4. The van der Waals surface area contributed by atoms with Crippen LogP contribution in [0.3, 0.4) is 0 Å². The van der Waals surface area contributed by atoms with E-state index in [9.17, 15) is 9.59 Å². The summed E-state index contributed by atoms with van der Waals surface area (Å²) in [5.74, 6) is -1.25. The molecule has 0 aliphatic carbocycles. The maximum absolute atomic E-state index is 13.4. The Bertz CT molecular complexity index is 1170. The highest BCUT2D eigenvalue weighted by atomic mass is 79.9. The van der Waals surface area contributed by atoms with E-state index in [1.54, 1.807) is 4.90 Å². The number of carbonyl (C=O) groups excluding carboxylic acids is 2. The molecule has 1 fully saturated rings. The Morgan fingerprint density at radius 3 is 2.83 bits per heavy atom. The largest absolute Gasteiger partial charge is 0.468 e. The zero-order chi connectivity index (χ0) is 21.0. The molecule has 2 aliphatic rings. The first-order valence-corrected chi connectivity index (χ1v) is 10.8. The molecule has 5 rings (SSSR count). The van der Waals surface area contributed by atoms with E-state index in [2.05, 4.69) is 38.7 Å². The van der Waals surface area contributed by atoms with Gasteiger partial charge in [-0.1, -0.05) is 40.2 Å². The molecule has 2 aliphatic heterocycles. The second-order valence-electron chi connectivity index (χ2n) is 8.21. The Hall–Kier alpha value is -2.80. The Morgan fingerprint density at radius 1 is 1.23 bits per heavy atom. The van der Waals surface area contributed by atoms with Crippen molar-refractivity contribution in [3.8, 4) is 5.75 Å². The van der Waals surface area contributed by atoms with Crippen LogP contribution in [0.25, 0.3) is 10.9 Å². The maximum Gasteiger partial charge on any atom is 0.238 e. The highest BCUT2D eigenvalue weighted by Gasteiger charge is 2.55. The summed E-state index contributed by atoms with van der Waals surface area (Å²) in [7, 11) is 0. The summed E-state index contributed by atoms with van der Waals surface area (Å²) in [5.41, 5.74) is 6.85. The number of benzene rings is 2. The number of likely N-dealkylation sites (tertiary alicyclic amines) is 1. The van der Waals surface area contributed by atoms with Gasteiger partial charge in [0, 0.05) is 41.6 Å². The lowest BCUT2D eigenvalue weighted by atomic mass is 9.73. The number of rotatable bonds is 4. The monoisotopic (exact) mass is 467 g/mol. The summed E-state index contributed by atoms with van der Waals surface area (Å²) in [5, 5.41) is 1.13. The van der Waals surface area contributed by atoms with Crippen LogP contribution in [0.4, 0.5) is 0 Å². The van der Waals surface area contributed by atoms with Crippen LogP contribution in [0.2, 0.25) is 0 Å². The fourth-order valence-electron chi connectivity index (χ4n) is 4.94. The predicted octanol–water partition coefficient (Wildman–Crippen LogP) is 3.63. The van der Waals surface area contributed by atoms with E-state index in [1.165, 1.54) is 0 Å². The first kappa shape index (κ1) is 19.2. The number of aromatic nitrogens is 1. The molecule has 0 spiro atoms. The normalized spacial score (nSPS) is 25.1. The average Bonchev–Trinajstić information content (AvgIpc) is 3.09. The Balaban J connectivity index is 1.49. The number of amides is 2. The summed E-state index contributed by atoms with van der Waals surface area (Å²) in [6.45, 7) is 2.93. The van der Waals surface area contributed by atoms with Crippen molar-refractivity contribution >= 4 is 38.6 Å². The maximum atomic E-state index is 13.4. The molecule has 154 valence electrons. The first-order chi connectivity index (χ1) is 14.4. The highest BCUT2D eigenvalue weighted by molar-refractivity contribution is 9.10. The molecule has 3 heterocycles. The van der Waals surface area contributed by atoms with Gasteiger partial charge in [0.05, 0.1) is 0 Å². The minimum Gasteiger partial charge on any atom is -0.468 e. The summed E-state index contributed by atoms with van der Waals surface area (Å²) < 4.78 is 9.42. The molecular formula is C23H22BrN3O3. The van der Waals surface area contributed by atoms with Crippen LogP contribution >= 0.6 is 15.9 Å². The van der Waals surface area contributed by atoms with Crippen molar-refractivity contribution in [1.29, 1.82) is 0 Å². The van der Waals surface area contributed by atoms with Gasteiger partial charge in [-0.15, -0.1) is 0 Å². The molecule has 0 radical (unpaired) electrons. The number of nitrogens with zero attached hydrogens (tertiary/aromatic N) is 2. The van der Waals surface area contributed by atoms with Crippen LogP contribution in [0.5, 0.6) is 5.75 Å². The van der Waals surface area contributed by atoms with E-state index in [1.807, 2.05) is 43.5 Å². The topological polar surface area (TPSA) is 77.6 Å². The summed E-state index contributed by atoms with van der Waals surface area (Å²) >= 11 is 3.52. The number of primary amides is 1. The summed E-state index contributed by atoms with van der Waals surface area (Å²) in [6, 6.07) is 15.8. The van der Waals surface area contributed by atoms with Gasteiger partial charge in [-0.05, 0) is 42.1 Å². The van der Waals surface area contributed by atoms with E-state index in [0.29, 0.717) is 19.5 Å². The molecule has 2 N–H and O–H groups in total. The van der Waals surface area contributed by atoms with E-state index in [0.717, 1.165) is 26.7 Å². The third kappa shape index (κ3) is 2.91. The first-order valence-electron chi connectivity index (χ1n) is 10.0. The molecule has 0 saturated carbocycles. The van der Waals surface area contributed by atoms with E-state index in [4.69, 9.17) is 10.5 Å². The predicted molar refractivity (Wildman–Crippen MR) is 117 cm³/mol. The number of carbonyl (C=O) groups is 2. The minimum atomic E-state index is -0.876. The standard InChI is InChI=1S/C23H22BrN3O3/c1-23-13-17(16-4-2-3-5-19(16)30-23)20(21(25)28)22(29)27(23)11-10-26-9-8-14-6-7-15(24)12-18(14)26/h2-9,12,17,20H,10-11,13H2,1H3,(H2,25,28). The molecule has 3 unspecified atom stereocenters. The molecule has 3 aromatic rings. The molecule has 2 amide bonds. The molecule has 2 aromatic carbocycles. The molecular weight excluding hydrogens is 446 g/mol. The molecule has 1 aromatic heterocycles. The van der Waals surface area contributed by atoms with Crippen molar-refractivity contribution in [3.05, 3.63) is 64.8 Å². The fraction of sp³-hybridized carbons (Fsp3) is 0.304. The van der Waals surface area contributed by atoms with Crippen molar-refractivity contribution < 1.29 is 14.3 Å². The van der Waals surface area contributed by atoms with E-state index in [-0.39, 0.29) is 11.8 Å². The van der Waals surface area contributed by atoms with Crippen LogP contribution in [-0.4, -0.2) is 33.6 Å². The number of piperidine rings is 1. The van der Waals surface area contributed by atoms with Crippen molar-refractivity contribution in [1.82, 2.24) is 9.47 Å². The van der Waals surface area contributed by atoms with Crippen molar-refractivity contribution in [2.75, 3.05) is 6.54 Å². The second-order valence-corrected chi connectivity index (χ2v) is 9.12. The van der Waals surface area contributed by atoms with Gasteiger partial charge in [0.15, 0.2) is 5.72 Å². The van der Waals surface area contributed by atoms with Gasteiger partial charge in [-0.2, -0.15) is 0 Å². The quantitative estimate of drug-likeness (QED) is 0.595. The molecule has 1 saturated heterocycles. The lowest BCUT2D eigenvalue weighted by Gasteiger charge is -2.52. The van der Waals surface area contributed by atoms with Crippen molar-refractivity contribution in [2.45, 2.75) is 31.5 Å². The number of para-hydroxylation sites is 1. The zero-order valence-corrected chi connectivity index (χ0v) is 18.1. The highest BCUT2D eigenvalue weighted by Crippen LogP contribution is 2.49. The lowest BCUT2D eigenvalue weighted by molar-refractivity contribution is -0.175. The molecule has 30 heavy (non-hydrogen) atoms. The zero-order valence-electron chi connectivity index (χ0n) is 16.5. The third-order valence-corrected chi connectivity index (χ3v) is 6.85. The van der Waals surface area contributed by atoms with Gasteiger partial charge in [0.2, 0.25) is 11.8 Å². The van der Waals surface area contributed by atoms with Crippen LogP contribution in [-0.2, 0) is 16.1 Å². The lowest BCUT2D eigenvalue weighted by Crippen LogP contribution is -2.65. The van der Waals surface area contributed by atoms with Gasteiger partial charge < -0.3 is 19.9 Å². The number of fused-ring (bicyclic) bond motifs is 5. The average molecular weight is 468 g/mol. The van der Waals surface area contributed by atoms with E-state index >= 15 is 0 Å². The Kier molecular flexibility index (Phi) is 4.39. The summed E-state index contributed by atoms with van der Waals surface area (Å²) in [6.07, 6.45) is 2.56. The van der Waals surface area contributed by atoms with Gasteiger partial charge >= 0.3 is 0 Å². The van der Waals surface area contributed by atoms with Gasteiger partial charge in [0.25, 0.3) is 0 Å². The molecule has 6 nitrogen and oxygen atoms in total. The second kappa shape index (κ2) is 6.87. The van der Waals surface area contributed by atoms with Crippen molar-refractivity contribution in [3.63, 3.8) is 0 Å². The van der Waals surface area contributed by atoms with Crippen molar-refractivity contribution in [2.24, 2.45) is 11.7 Å². The number of ether oxygens (including phenoxy) is 1. The Labute approximate surface area is 182 Å². The molecule has 7 heteroatoms. The fourth-order valence-corrected chi connectivity index (χ4v) is 5.29. The number of hydrogen-bond donors (Lipinski definition) is 1.